The number of aromatic nitrogens is 2. The summed E-state index contributed by atoms with van der Waals surface area (Å²) in [5, 5.41) is 4.14. The minimum Gasteiger partial charge on any atom is -0.337 e. The van der Waals surface area contributed by atoms with Crippen LogP contribution >= 0.6 is 0 Å². The van der Waals surface area contributed by atoms with Crippen LogP contribution < -0.4 is 0 Å². The molecular weight excluding hydrogens is 398 g/mol. The molecule has 6 nitrogen and oxygen atoms in total. The van der Waals surface area contributed by atoms with Crippen LogP contribution in [0.5, 0.6) is 0 Å². The lowest BCUT2D eigenvalue weighted by atomic mass is 10.0. The second-order valence-corrected chi connectivity index (χ2v) is 9.96. The largest absolute Gasteiger partial charge is 0.337 e. The number of rotatable bonds is 4. The van der Waals surface area contributed by atoms with E-state index in [9.17, 15) is 8.42 Å². The molecule has 2 heterocycles. The van der Waals surface area contributed by atoms with Crippen LogP contribution in [0.25, 0.3) is 11.4 Å². The molecular formula is C23H27N3O3S. The number of sulfonamides is 1. The van der Waals surface area contributed by atoms with Gasteiger partial charge in [-0.05, 0) is 75.3 Å². The third-order valence-electron chi connectivity index (χ3n) is 6.18. The quantitative estimate of drug-likeness (QED) is 0.600. The standard InChI is InChI=1S/C23H27N3O3S/c1-14-9-6-7-10-19(14)22-24-23(29-25-22)20-11-8-12-26(20)30(27,28)21-17(4)15(2)13-16(3)18(21)5/h6-7,9-10,13,20H,8,11-12H2,1-5H3/t20-/m0/s1. The van der Waals surface area contributed by atoms with Gasteiger partial charge in [0.05, 0.1) is 4.90 Å². The Kier molecular flexibility index (Phi) is 5.28. The van der Waals surface area contributed by atoms with E-state index in [4.69, 9.17) is 4.52 Å². The van der Waals surface area contributed by atoms with E-state index in [0.717, 1.165) is 39.8 Å². The van der Waals surface area contributed by atoms with Crippen LogP contribution in [0.1, 0.15) is 52.6 Å². The Morgan fingerprint density at radius 2 is 1.67 bits per heavy atom. The van der Waals surface area contributed by atoms with Gasteiger partial charge in [0.1, 0.15) is 6.04 Å². The fraction of sp³-hybridized carbons (Fsp3) is 0.391. The van der Waals surface area contributed by atoms with Crippen LogP contribution in [0.2, 0.25) is 0 Å². The summed E-state index contributed by atoms with van der Waals surface area (Å²) in [7, 11) is -3.70. The molecule has 1 saturated heterocycles. The Morgan fingerprint density at radius 1 is 1.00 bits per heavy atom. The van der Waals surface area contributed by atoms with E-state index in [1.807, 2.05) is 65.0 Å². The molecule has 0 radical (unpaired) electrons. The lowest BCUT2D eigenvalue weighted by Crippen LogP contribution is -2.32. The van der Waals surface area contributed by atoms with Gasteiger partial charge in [-0.25, -0.2) is 8.42 Å². The molecule has 4 rings (SSSR count). The number of hydrogen-bond donors (Lipinski definition) is 0. The number of aryl methyl sites for hydroxylation is 3. The van der Waals surface area contributed by atoms with E-state index in [1.165, 1.54) is 4.31 Å². The molecule has 158 valence electrons. The second kappa shape index (κ2) is 7.63. The molecule has 0 bridgehead atoms. The fourth-order valence-corrected chi connectivity index (χ4v) is 6.49. The van der Waals surface area contributed by atoms with Gasteiger partial charge in [-0.15, -0.1) is 0 Å². The van der Waals surface area contributed by atoms with Gasteiger partial charge >= 0.3 is 0 Å². The van der Waals surface area contributed by atoms with E-state index >= 15 is 0 Å². The van der Waals surface area contributed by atoms with Crippen molar-refractivity contribution in [1.82, 2.24) is 14.4 Å². The number of hydrogen-bond acceptors (Lipinski definition) is 5. The Labute approximate surface area is 178 Å². The average Bonchev–Trinajstić information content (AvgIpc) is 3.36. The van der Waals surface area contributed by atoms with Crippen molar-refractivity contribution in [3.05, 3.63) is 64.0 Å². The first-order valence-electron chi connectivity index (χ1n) is 10.2. The lowest BCUT2D eigenvalue weighted by Gasteiger charge is -2.25. The van der Waals surface area contributed by atoms with E-state index in [1.54, 1.807) is 0 Å². The van der Waals surface area contributed by atoms with Crippen LogP contribution in [0.3, 0.4) is 0 Å². The lowest BCUT2D eigenvalue weighted by molar-refractivity contribution is 0.290. The SMILES string of the molecule is Cc1ccccc1-c1noc([C@@H]2CCCN2S(=O)(=O)c2c(C)c(C)cc(C)c2C)n1. The molecule has 1 atom stereocenters. The molecule has 30 heavy (non-hydrogen) atoms. The Hall–Kier alpha value is -2.51. The summed E-state index contributed by atoms with van der Waals surface area (Å²) in [6.45, 7) is 10.1. The van der Waals surface area contributed by atoms with E-state index < -0.39 is 16.1 Å². The second-order valence-electron chi connectivity index (χ2n) is 8.13. The van der Waals surface area contributed by atoms with Gasteiger partial charge in [-0.1, -0.05) is 35.5 Å². The zero-order valence-corrected chi connectivity index (χ0v) is 18.9. The summed E-state index contributed by atoms with van der Waals surface area (Å²) in [4.78, 5) is 4.98. The first-order valence-corrected chi connectivity index (χ1v) is 11.6. The molecule has 0 unspecified atom stereocenters. The highest BCUT2D eigenvalue weighted by Gasteiger charge is 2.41. The highest BCUT2D eigenvalue weighted by molar-refractivity contribution is 7.89. The van der Waals surface area contributed by atoms with Gasteiger partial charge in [0.15, 0.2) is 0 Å². The van der Waals surface area contributed by atoms with Crippen LogP contribution in [0.4, 0.5) is 0 Å². The van der Waals surface area contributed by atoms with E-state index in [2.05, 4.69) is 10.1 Å². The zero-order chi connectivity index (χ0) is 21.6. The van der Waals surface area contributed by atoms with Crippen molar-refractivity contribution in [3.8, 4) is 11.4 Å². The molecule has 0 saturated carbocycles. The zero-order valence-electron chi connectivity index (χ0n) is 18.1. The molecule has 2 aromatic carbocycles. The minimum absolute atomic E-state index is 0.356. The summed E-state index contributed by atoms with van der Waals surface area (Å²) in [5.41, 5.74) is 5.49. The first kappa shape index (κ1) is 20.8. The summed E-state index contributed by atoms with van der Waals surface area (Å²) in [5.74, 6) is 0.847. The van der Waals surface area contributed by atoms with Crippen molar-refractivity contribution in [1.29, 1.82) is 0 Å². The van der Waals surface area contributed by atoms with Crippen LogP contribution in [0, 0.1) is 34.6 Å². The average molecular weight is 426 g/mol. The summed E-state index contributed by atoms with van der Waals surface area (Å²) < 4.78 is 34.6. The molecule has 0 aliphatic carbocycles. The van der Waals surface area contributed by atoms with Gasteiger partial charge < -0.3 is 4.52 Å². The third-order valence-corrected chi connectivity index (χ3v) is 8.36. The molecule has 0 amide bonds. The van der Waals surface area contributed by atoms with Gasteiger partial charge in [0.25, 0.3) is 0 Å². The molecule has 3 aromatic rings. The molecule has 7 heteroatoms. The fourth-order valence-electron chi connectivity index (χ4n) is 4.26. The van der Waals surface area contributed by atoms with Gasteiger partial charge in [0, 0.05) is 12.1 Å². The van der Waals surface area contributed by atoms with Gasteiger partial charge in [-0.3, -0.25) is 0 Å². The summed E-state index contributed by atoms with van der Waals surface area (Å²) in [6, 6.07) is 9.41. The highest BCUT2D eigenvalue weighted by atomic mass is 32.2. The minimum atomic E-state index is -3.70. The predicted octanol–water partition coefficient (Wildman–Crippen LogP) is 4.80. The van der Waals surface area contributed by atoms with Crippen LogP contribution in [-0.4, -0.2) is 29.4 Å². The Bertz CT molecular complexity index is 1190. The topological polar surface area (TPSA) is 76.3 Å². The number of benzene rings is 2. The molecule has 1 aliphatic heterocycles. The monoisotopic (exact) mass is 425 g/mol. The van der Waals surface area contributed by atoms with Gasteiger partial charge in [-0.2, -0.15) is 9.29 Å². The van der Waals surface area contributed by atoms with Crippen molar-refractivity contribution in [3.63, 3.8) is 0 Å². The highest BCUT2D eigenvalue weighted by Crippen LogP contribution is 2.39. The Balaban J connectivity index is 1.74. The first-order chi connectivity index (χ1) is 14.2. The molecule has 0 N–H and O–H groups in total. The third kappa shape index (κ3) is 3.36. The maximum Gasteiger partial charge on any atom is 0.245 e. The van der Waals surface area contributed by atoms with Crippen LogP contribution in [-0.2, 0) is 10.0 Å². The van der Waals surface area contributed by atoms with Crippen molar-refractivity contribution >= 4 is 10.0 Å². The number of nitrogens with zero attached hydrogens (tertiary/aromatic N) is 3. The summed E-state index contributed by atoms with van der Waals surface area (Å²) in [6.07, 6.45) is 1.42. The molecule has 0 spiro atoms. The van der Waals surface area contributed by atoms with Crippen molar-refractivity contribution < 1.29 is 12.9 Å². The van der Waals surface area contributed by atoms with Crippen molar-refractivity contribution in [2.75, 3.05) is 6.54 Å². The van der Waals surface area contributed by atoms with Crippen LogP contribution in [0.15, 0.2) is 39.8 Å². The van der Waals surface area contributed by atoms with Crippen molar-refractivity contribution in [2.24, 2.45) is 0 Å². The Morgan fingerprint density at radius 3 is 2.33 bits per heavy atom. The summed E-state index contributed by atoms with van der Waals surface area (Å²) >= 11 is 0. The van der Waals surface area contributed by atoms with Crippen molar-refractivity contribution in [2.45, 2.75) is 58.4 Å². The maximum atomic E-state index is 13.7. The molecule has 1 fully saturated rings. The molecule has 1 aromatic heterocycles. The normalized spacial score (nSPS) is 17.6. The predicted molar refractivity (Wildman–Crippen MR) is 116 cm³/mol. The smallest absolute Gasteiger partial charge is 0.245 e. The van der Waals surface area contributed by atoms with Gasteiger partial charge in [0.2, 0.25) is 21.7 Å². The van der Waals surface area contributed by atoms with E-state index in [0.29, 0.717) is 29.6 Å². The maximum absolute atomic E-state index is 13.7. The van der Waals surface area contributed by atoms with E-state index in [-0.39, 0.29) is 0 Å². The molecule has 1 aliphatic rings.